The Labute approximate surface area is 117 Å². The van der Waals surface area contributed by atoms with E-state index in [1.165, 1.54) is 11.3 Å². The average Bonchev–Trinajstić information content (AvgIpc) is 2.74. The van der Waals surface area contributed by atoms with Crippen molar-refractivity contribution in [3.05, 3.63) is 40.2 Å². The van der Waals surface area contributed by atoms with E-state index in [1.807, 2.05) is 6.07 Å². The fraction of sp³-hybridized carbons (Fsp3) is 0.400. The Morgan fingerprint density at radius 3 is 2.74 bits per heavy atom. The molecule has 1 heterocycles. The van der Waals surface area contributed by atoms with Crippen molar-refractivity contribution >= 4 is 11.3 Å². The van der Waals surface area contributed by atoms with Crippen molar-refractivity contribution < 1.29 is 4.39 Å². The first-order valence-electron chi connectivity index (χ1n) is 6.47. The van der Waals surface area contributed by atoms with Crippen LogP contribution in [0.1, 0.15) is 30.0 Å². The molecule has 0 aliphatic rings. The molecule has 2 nitrogen and oxygen atoms in total. The third kappa shape index (κ3) is 3.01. The van der Waals surface area contributed by atoms with E-state index in [-0.39, 0.29) is 5.82 Å². The molecule has 2 aromatic rings. The van der Waals surface area contributed by atoms with Gasteiger partial charge in [-0.2, -0.15) is 0 Å². The van der Waals surface area contributed by atoms with Crippen LogP contribution in [0, 0.1) is 18.7 Å². The number of nitrogens with two attached hydrogens (primary N) is 1. The Morgan fingerprint density at radius 1 is 1.37 bits per heavy atom. The first-order valence-corrected chi connectivity index (χ1v) is 7.28. The van der Waals surface area contributed by atoms with Crippen LogP contribution in [0.3, 0.4) is 0 Å². The molecule has 0 saturated carbocycles. The van der Waals surface area contributed by atoms with Gasteiger partial charge in [-0.05, 0) is 30.9 Å². The number of aryl methyl sites for hydroxylation is 1. The Hall–Kier alpha value is -1.26. The van der Waals surface area contributed by atoms with Gasteiger partial charge in [-0.3, -0.25) is 0 Å². The minimum absolute atomic E-state index is 0.184. The van der Waals surface area contributed by atoms with Crippen LogP contribution in [0.2, 0.25) is 0 Å². The molecule has 0 aliphatic carbocycles. The maximum absolute atomic E-state index is 14.1. The third-order valence-electron chi connectivity index (χ3n) is 2.99. The van der Waals surface area contributed by atoms with E-state index < -0.39 is 0 Å². The highest BCUT2D eigenvalue weighted by molar-refractivity contribution is 7.15. The lowest BCUT2D eigenvalue weighted by Gasteiger charge is -2.03. The van der Waals surface area contributed by atoms with Crippen LogP contribution in [0.5, 0.6) is 0 Å². The van der Waals surface area contributed by atoms with Crippen LogP contribution in [0.4, 0.5) is 4.39 Å². The summed E-state index contributed by atoms with van der Waals surface area (Å²) in [5.74, 6) is 0.332. The maximum atomic E-state index is 14.1. The Kier molecular flexibility index (Phi) is 4.32. The summed E-state index contributed by atoms with van der Waals surface area (Å²) in [6.07, 6.45) is 0.885. The zero-order valence-corrected chi connectivity index (χ0v) is 12.4. The van der Waals surface area contributed by atoms with Gasteiger partial charge in [-0.15, -0.1) is 11.3 Å². The molecule has 2 N–H and O–H groups in total. The molecule has 1 aromatic heterocycles. The molecule has 1 aromatic carbocycles. The Bertz CT molecular complexity index is 576. The molecular weight excluding hydrogens is 259 g/mol. The summed E-state index contributed by atoms with van der Waals surface area (Å²) in [6.45, 7) is 6.53. The quantitative estimate of drug-likeness (QED) is 0.920. The maximum Gasteiger partial charge on any atom is 0.136 e. The molecule has 0 saturated heterocycles. The van der Waals surface area contributed by atoms with E-state index in [4.69, 9.17) is 5.73 Å². The summed E-state index contributed by atoms with van der Waals surface area (Å²) >= 11 is 1.50. The largest absolute Gasteiger partial charge is 0.326 e. The van der Waals surface area contributed by atoms with Crippen molar-refractivity contribution in [3.63, 3.8) is 0 Å². The van der Waals surface area contributed by atoms with Gasteiger partial charge >= 0.3 is 0 Å². The van der Waals surface area contributed by atoms with Crippen molar-refractivity contribution in [1.82, 2.24) is 4.98 Å². The molecule has 2 rings (SSSR count). The highest BCUT2D eigenvalue weighted by atomic mass is 32.1. The van der Waals surface area contributed by atoms with Crippen LogP contribution in [0.25, 0.3) is 10.6 Å². The van der Waals surface area contributed by atoms with E-state index in [0.717, 1.165) is 22.0 Å². The van der Waals surface area contributed by atoms with E-state index >= 15 is 0 Å². The van der Waals surface area contributed by atoms with Crippen LogP contribution in [-0.4, -0.2) is 4.98 Å². The highest BCUT2D eigenvalue weighted by Gasteiger charge is 2.16. The van der Waals surface area contributed by atoms with Crippen LogP contribution in [0.15, 0.2) is 18.2 Å². The van der Waals surface area contributed by atoms with Crippen molar-refractivity contribution in [2.24, 2.45) is 11.7 Å². The summed E-state index contributed by atoms with van der Waals surface area (Å²) in [7, 11) is 0. The minimum Gasteiger partial charge on any atom is -0.326 e. The molecule has 0 fully saturated rings. The number of hydrogen-bond donors (Lipinski definition) is 1. The lowest BCUT2D eigenvalue weighted by Crippen LogP contribution is -2.02. The zero-order chi connectivity index (χ0) is 14.0. The van der Waals surface area contributed by atoms with Crippen molar-refractivity contribution in [2.75, 3.05) is 0 Å². The second-order valence-corrected chi connectivity index (χ2v) is 6.21. The SMILES string of the molecule is Cc1cccc(-c2nc(CC(C)C)c(CN)s2)c1F. The predicted molar refractivity (Wildman–Crippen MR) is 78.7 cm³/mol. The van der Waals surface area contributed by atoms with E-state index in [2.05, 4.69) is 18.8 Å². The number of benzene rings is 1. The molecule has 0 aliphatic heterocycles. The van der Waals surface area contributed by atoms with E-state index in [0.29, 0.717) is 23.6 Å². The molecule has 0 radical (unpaired) electrons. The van der Waals surface area contributed by atoms with Gasteiger partial charge in [0.25, 0.3) is 0 Å². The van der Waals surface area contributed by atoms with Crippen LogP contribution >= 0.6 is 11.3 Å². The van der Waals surface area contributed by atoms with Gasteiger partial charge in [-0.25, -0.2) is 9.37 Å². The summed E-state index contributed by atoms with van der Waals surface area (Å²) in [5, 5.41) is 0.734. The lowest BCUT2D eigenvalue weighted by molar-refractivity contribution is 0.621. The second-order valence-electron chi connectivity index (χ2n) is 5.13. The number of hydrogen-bond acceptors (Lipinski definition) is 3. The monoisotopic (exact) mass is 278 g/mol. The molecule has 102 valence electrons. The number of nitrogens with zero attached hydrogens (tertiary/aromatic N) is 1. The van der Waals surface area contributed by atoms with Gasteiger partial charge in [0, 0.05) is 17.0 Å². The predicted octanol–water partition coefficient (Wildman–Crippen LogP) is 3.91. The smallest absolute Gasteiger partial charge is 0.136 e. The molecule has 0 atom stereocenters. The van der Waals surface area contributed by atoms with Gasteiger partial charge in [0.1, 0.15) is 10.8 Å². The third-order valence-corrected chi connectivity index (χ3v) is 4.14. The first kappa shape index (κ1) is 14.2. The lowest BCUT2D eigenvalue weighted by atomic mass is 10.1. The number of rotatable bonds is 4. The molecule has 4 heteroatoms. The van der Waals surface area contributed by atoms with Crippen LogP contribution in [-0.2, 0) is 13.0 Å². The molecule has 0 bridgehead atoms. The Balaban J connectivity index is 2.45. The second kappa shape index (κ2) is 5.80. The van der Waals surface area contributed by atoms with Gasteiger partial charge < -0.3 is 5.73 Å². The fourth-order valence-corrected chi connectivity index (χ4v) is 3.00. The van der Waals surface area contributed by atoms with Crippen LogP contribution < -0.4 is 5.73 Å². The molecule has 0 unspecified atom stereocenters. The topological polar surface area (TPSA) is 38.9 Å². The molecule has 0 spiro atoms. The number of aromatic nitrogens is 1. The summed E-state index contributed by atoms with van der Waals surface area (Å²) in [5.41, 5.74) is 8.00. The fourth-order valence-electron chi connectivity index (χ4n) is 2.02. The summed E-state index contributed by atoms with van der Waals surface area (Å²) in [4.78, 5) is 5.65. The highest BCUT2D eigenvalue weighted by Crippen LogP contribution is 2.31. The van der Waals surface area contributed by atoms with Gasteiger partial charge in [0.15, 0.2) is 0 Å². The summed E-state index contributed by atoms with van der Waals surface area (Å²) in [6, 6.07) is 5.41. The van der Waals surface area contributed by atoms with E-state index in [1.54, 1.807) is 19.1 Å². The molecule has 19 heavy (non-hydrogen) atoms. The Morgan fingerprint density at radius 2 is 2.11 bits per heavy atom. The molecule has 0 amide bonds. The molecular formula is C15H19FN2S. The van der Waals surface area contributed by atoms with Gasteiger partial charge in [-0.1, -0.05) is 26.0 Å². The van der Waals surface area contributed by atoms with E-state index in [9.17, 15) is 4.39 Å². The van der Waals surface area contributed by atoms with Crippen molar-refractivity contribution in [1.29, 1.82) is 0 Å². The summed E-state index contributed by atoms with van der Waals surface area (Å²) < 4.78 is 14.1. The average molecular weight is 278 g/mol. The standard InChI is InChI=1S/C15H19FN2S/c1-9(2)7-12-13(8-17)19-15(18-12)11-6-4-5-10(3)14(11)16/h4-6,9H,7-8,17H2,1-3H3. The number of halogens is 1. The zero-order valence-electron chi connectivity index (χ0n) is 11.5. The van der Waals surface area contributed by atoms with Crippen molar-refractivity contribution in [3.8, 4) is 10.6 Å². The minimum atomic E-state index is -0.184. The number of thiazole rings is 1. The first-order chi connectivity index (χ1) is 9.02. The normalized spacial score (nSPS) is 11.3. The van der Waals surface area contributed by atoms with Gasteiger partial charge in [0.05, 0.1) is 5.69 Å². The van der Waals surface area contributed by atoms with Gasteiger partial charge in [0.2, 0.25) is 0 Å². The van der Waals surface area contributed by atoms with Crippen molar-refractivity contribution in [2.45, 2.75) is 33.7 Å².